The Balaban J connectivity index is 2.11. The fourth-order valence-corrected chi connectivity index (χ4v) is 2.91. The van der Waals surface area contributed by atoms with Crippen LogP contribution in [-0.2, 0) is 16.6 Å². The highest BCUT2D eigenvalue weighted by Crippen LogP contribution is 2.31. The zero-order chi connectivity index (χ0) is 13.2. The molecule has 1 saturated carbocycles. The Morgan fingerprint density at radius 3 is 2.72 bits per heavy atom. The Kier molecular flexibility index (Phi) is 3.99. The lowest BCUT2D eigenvalue weighted by atomic mass is 10.2. The minimum absolute atomic E-state index is 0.315. The van der Waals surface area contributed by atoms with Crippen molar-refractivity contribution in [2.45, 2.75) is 30.8 Å². The minimum atomic E-state index is -3.83. The third-order valence-corrected chi connectivity index (χ3v) is 4.49. The van der Waals surface area contributed by atoms with Crippen LogP contribution in [0, 0.1) is 11.7 Å². The number of hydrogen-bond donors (Lipinski definition) is 2. The summed E-state index contributed by atoms with van der Waals surface area (Å²) in [4.78, 5) is -0.398. The van der Waals surface area contributed by atoms with Gasteiger partial charge in [-0.1, -0.05) is 18.9 Å². The molecular weight excluding hydrogens is 257 g/mol. The molecule has 0 aliphatic heterocycles. The molecule has 4 nitrogen and oxygen atoms in total. The first-order valence-electron chi connectivity index (χ1n) is 5.92. The van der Waals surface area contributed by atoms with Gasteiger partial charge in [0.05, 0.1) is 6.61 Å². The first-order valence-corrected chi connectivity index (χ1v) is 7.40. The number of aliphatic hydroxyl groups excluding tert-OH is 1. The summed E-state index contributed by atoms with van der Waals surface area (Å²) in [6.45, 7) is 0.0146. The zero-order valence-electron chi connectivity index (χ0n) is 9.89. The maximum Gasteiger partial charge on any atom is 0.243 e. The number of rotatable bonds is 6. The predicted octanol–water partition coefficient (Wildman–Crippen LogP) is 1.40. The topological polar surface area (TPSA) is 66.4 Å². The standard InChI is InChI=1S/C12H16FNO3S/c13-11-4-3-10(8-15)7-12(11)18(16,17)14-6-5-9-1-2-9/h3-4,7,9,14-15H,1-2,5-6,8H2. The molecule has 0 heterocycles. The van der Waals surface area contributed by atoms with E-state index in [-0.39, 0.29) is 6.61 Å². The highest BCUT2D eigenvalue weighted by Gasteiger charge is 2.23. The van der Waals surface area contributed by atoms with E-state index in [0.717, 1.165) is 31.4 Å². The first-order chi connectivity index (χ1) is 8.53. The Morgan fingerprint density at radius 2 is 2.11 bits per heavy atom. The highest BCUT2D eigenvalue weighted by molar-refractivity contribution is 7.89. The van der Waals surface area contributed by atoms with E-state index in [4.69, 9.17) is 5.11 Å². The van der Waals surface area contributed by atoms with Crippen LogP contribution in [0.1, 0.15) is 24.8 Å². The molecule has 0 amide bonds. The average Bonchev–Trinajstić information content (AvgIpc) is 3.13. The molecule has 0 aromatic heterocycles. The second-order valence-corrected chi connectivity index (χ2v) is 6.29. The zero-order valence-corrected chi connectivity index (χ0v) is 10.7. The van der Waals surface area contributed by atoms with Gasteiger partial charge in [0.15, 0.2) is 0 Å². The third-order valence-electron chi connectivity index (χ3n) is 3.01. The van der Waals surface area contributed by atoms with Gasteiger partial charge < -0.3 is 5.11 Å². The Morgan fingerprint density at radius 1 is 1.39 bits per heavy atom. The van der Waals surface area contributed by atoms with Gasteiger partial charge in [0.2, 0.25) is 10.0 Å². The number of aliphatic hydroxyl groups is 1. The smallest absolute Gasteiger partial charge is 0.243 e. The van der Waals surface area contributed by atoms with Gasteiger partial charge in [0.1, 0.15) is 10.7 Å². The van der Waals surface area contributed by atoms with Gasteiger partial charge >= 0.3 is 0 Å². The van der Waals surface area contributed by atoms with Crippen LogP contribution in [0.3, 0.4) is 0 Å². The van der Waals surface area contributed by atoms with Crippen molar-refractivity contribution in [3.05, 3.63) is 29.6 Å². The SMILES string of the molecule is O=S(=O)(NCCC1CC1)c1cc(CO)ccc1F. The van der Waals surface area contributed by atoms with Crippen molar-refractivity contribution >= 4 is 10.0 Å². The van der Waals surface area contributed by atoms with Crippen molar-refractivity contribution in [1.29, 1.82) is 0 Å². The summed E-state index contributed by atoms with van der Waals surface area (Å²) in [6.07, 6.45) is 3.09. The second-order valence-electron chi connectivity index (χ2n) is 4.55. The summed E-state index contributed by atoms with van der Waals surface area (Å²) in [7, 11) is -3.83. The molecule has 2 rings (SSSR count). The largest absolute Gasteiger partial charge is 0.392 e. The van der Waals surface area contributed by atoms with Gasteiger partial charge in [0, 0.05) is 6.54 Å². The lowest BCUT2D eigenvalue weighted by Gasteiger charge is -2.08. The number of benzene rings is 1. The predicted molar refractivity (Wildman–Crippen MR) is 64.9 cm³/mol. The maximum absolute atomic E-state index is 13.5. The first kappa shape index (κ1) is 13.5. The third kappa shape index (κ3) is 3.28. The van der Waals surface area contributed by atoms with E-state index in [9.17, 15) is 12.8 Å². The second kappa shape index (κ2) is 5.34. The van der Waals surface area contributed by atoms with Crippen molar-refractivity contribution in [3.63, 3.8) is 0 Å². The molecule has 2 N–H and O–H groups in total. The van der Waals surface area contributed by atoms with Crippen molar-refractivity contribution in [3.8, 4) is 0 Å². The highest BCUT2D eigenvalue weighted by atomic mass is 32.2. The molecule has 1 aliphatic rings. The normalized spacial score (nSPS) is 15.9. The summed E-state index contributed by atoms with van der Waals surface area (Å²) in [5, 5.41) is 8.94. The molecule has 0 radical (unpaired) electrons. The quantitative estimate of drug-likeness (QED) is 0.823. The molecule has 0 unspecified atom stereocenters. The number of nitrogens with one attached hydrogen (secondary N) is 1. The van der Waals surface area contributed by atoms with Crippen LogP contribution in [0.2, 0.25) is 0 Å². The molecule has 1 aromatic rings. The lowest BCUT2D eigenvalue weighted by molar-refractivity contribution is 0.281. The van der Waals surface area contributed by atoms with Crippen LogP contribution in [0.15, 0.2) is 23.1 Å². The van der Waals surface area contributed by atoms with E-state index in [1.165, 1.54) is 6.07 Å². The van der Waals surface area contributed by atoms with Gasteiger partial charge in [0.25, 0.3) is 0 Å². The van der Waals surface area contributed by atoms with Crippen LogP contribution >= 0.6 is 0 Å². The van der Waals surface area contributed by atoms with Crippen LogP contribution < -0.4 is 4.72 Å². The van der Waals surface area contributed by atoms with Crippen molar-refractivity contribution in [1.82, 2.24) is 4.72 Å². The molecule has 0 spiro atoms. The summed E-state index contributed by atoms with van der Waals surface area (Å²) >= 11 is 0. The Labute approximate surface area is 106 Å². The lowest BCUT2D eigenvalue weighted by Crippen LogP contribution is -2.26. The fraction of sp³-hybridized carbons (Fsp3) is 0.500. The molecule has 0 atom stereocenters. The summed E-state index contributed by atoms with van der Waals surface area (Å²) < 4.78 is 39.7. The van der Waals surface area contributed by atoms with Crippen molar-refractivity contribution in [2.75, 3.05) is 6.54 Å². The van der Waals surface area contributed by atoms with E-state index in [2.05, 4.69) is 4.72 Å². The van der Waals surface area contributed by atoms with Crippen LogP contribution in [0.4, 0.5) is 4.39 Å². The fourth-order valence-electron chi connectivity index (χ4n) is 1.73. The molecule has 0 bridgehead atoms. The number of halogens is 1. The van der Waals surface area contributed by atoms with E-state index in [1.807, 2.05) is 0 Å². The summed E-state index contributed by atoms with van der Waals surface area (Å²) in [6, 6.07) is 3.58. The van der Waals surface area contributed by atoms with Crippen LogP contribution in [-0.4, -0.2) is 20.1 Å². The maximum atomic E-state index is 13.5. The van der Waals surface area contributed by atoms with Crippen molar-refractivity contribution < 1.29 is 17.9 Å². The molecular formula is C12H16FNO3S. The molecule has 1 fully saturated rings. The Hall–Kier alpha value is -0.980. The van der Waals surface area contributed by atoms with E-state index in [0.29, 0.717) is 18.0 Å². The van der Waals surface area contributed by atoms with Gasteiger partial charge in [-0.3, -0.25) is 0 Å². The van der Waals surface area contributed by atoms with Crippen molar-refractivity contribution in [2.24, 2.45) is 5.92 Å². The molecule has 6 heteroatoms. The molecule has 1 aliphatic carbocycles. The monoisotopic (exact) mass is 273 g/mol. The average molecular weight is 273 g/mol. The minimum Gasteiger partial charge on any atom is -0.392 e. The van der Waals surface area contributed by atoms with E-state index >= 15 is 0 Å². The van der Waals surface area contributed by atoms with E-state index < -0.39 is 20.7 Å². The number of sulfonamides is 1. The van der Waals surface area contributed by atoms with Crippen LogP contribution in [0.25, 0.3) is 0 Å². The van der Waals surface area contributed by atoms with Gasteiger partial charge in [-0.15, -0.1) is 0 Å². The van der Waals surface area contributed by atoms with E-state index in [1.54, 1.807) is 0 Å². The molecule has 18 heavy (non-hydrogen) atoms. The molecule has 1 aromatic carbocycles. The van der Waals surface area contributed by atoms with Gasteiger partial charge in [-0.25, -0.2) is 17.5 Å². The summed E-state index contributed by atoms with van der Waals surface area (Å²) in [5.41, 5.74) is 0.374. The van der Waals surface area contributed by atoms with Gasteiger partial charge in [-0.2, -0.15) is 0 Å². The van der Waals surface area contributed by atoms with Crippen LogP contribution in [0.5, 0.6) is 0 Å². The number of hydrogen-bond acceptors (Lipinski definition) is 3. The Bertz CT molecular complexity index is 526. The van der Waals surface area contributed by atoms with Gasteiger partial charge in [-0.05, 0) is 30.0 Å². The molecule has 100 valence electrons. The summed E-state index contributed by atoms with van der Waals surface area (Å²) in [5.74, 6) is -0.188. The molecule has 0 saturated heterocycles.